The zero-order chi connectivity index (χ0) is 24.4. The number of β-lactam (4-membered cyclic amide) rings is 1. The van der Waals surface area contributed by atoms with Crippen molar-refractivity contribution in [1.29, 1.82) is 0 Å². The lowest BCUT2D eigenvalue weighted by Gasteiger charge is -2.46. The highest BCUT2D eigenvalue weighted by atomic mass is 32.2. The van der Waals surface area contributed by atoms with Crippen LogP contribution in [0.1, 0.15) is 29.2 Å². The monoisotopic (exact) mass is 497 g/mol. The van der Waals surface area contributed by atoms with Crippen molar-refractivity contribution in [2.75, 3.05) is 20.6 Å². The van der Waals surface area contributed by atoms with Crippen molar-refractivity contribution in [3.8, 4) is 0 Å². The molecule has 0 spiro atoms. The Hall–Kier alpha value is -2.65. The van der Waals surface area contributed by atoms with Crippen LogP contribution < -0.4 is 4.72 Å². The first-order valence-electron chi connectivity index (χ1n) is 10.0. The molecule has 0 radical (unpaired) electrons. The fourth-order valence-electron chi connectivity index (χ4n) is 4.38. The second-order valence-electron chi connectivity index (χ2n) is 8.25. The van der Waals surface area contributed by atoms with Gasteiger partial charge in [-0.25, -0.2) is 9.78 Å². The Labute approximate surface area is 193 Å². The molecule has 0 aliphatic carbocycles. The number of rotatable bonds is 8. The van der Waals surface area contributed by atoms with Crippen LogP contribution >= 0.6 is 11.3 Å². The van der Waals surface area contributed by atoms with E-state index in [2.05, 4.69) is 9.71 Å². The van der Waals surface area contributed by atoms with Crippen LogP contribution in [0, 0.1) is 11.8 Å². The Balaban J connectivity index is 1.69. The third-order valence-corrected chi connectivity index (χ3v) is 8.62. The van der Waals surface area contributed by atoms with Crippen LogP contribution in [-0.2, 0) is 19.8 Å². The van der Waals surface area contributed by atoms with Gasteiger partial charge in [-0.15, -0.1) is 11.3 Å². The highest BCUT2D eigenvalue weighted by Crippen LogP contribution is 2.51. The van der Waals surface area contributed by atoms with E-state index in [1.807, 2.05) is 0 Å². The normalized spacial score (nSPS) is 23.9. The predicted molar refractivity (Wildman–Crippen MR) is 118 cm³/mol. The average Bonchev–Trinajstić information content (AvgIpc) is 3.35. The number of ketones is 1. The highest BCUT2D eigenvalue weighted by molar-refractivity contribution is 7.87. The van der Waals surface area contributed by atoms with Crippen molar-refractivity contribution in [3.63, 3.8) is 0 Å². The highest BCUT2D eigenvalue weighted by Gasteiger charge is 2.60. The number of aliphatic hydroxyl groups is 1. The van der Waals surface area contributed by atoms with Crippen LogP contribution in [0.3, 0.4) is 0 Å². The van der Waals surface area contributed by atoms with Crippen molar-refractivity contribution in [1.82, 2.24) is 23.3 Å². The fraction of sp³-hybridized carbons (Fsp3) is 0.474. The number of carbonyl (C=O) groups excluding carboxylic acids is 2. The van der Waals surface area contributed by atoms with Crippen molar-refractivity contribution in [2.45, 2.75) is 26.0 Å². The van der Waals surface area contributed by atoms with E-state index in [-0.39, 0.29) is 17.3 Å². The van der Waals surface area contributed by atoms with E-state index >= 15 is 0 Å². The summed E-state index contributed by atoms with van der Waals surface area (Å²) in [5.74, 6) is -3.25. The number of carboxylic acids is 1. The summed E-state index contributed by atoms with van der Waals surface area (Å²) < 4.78 is 28.5. The molecule has 0 aromatic carbocycles. The molecule has 2 aliphatic rings. The van der Waals surface area contributed by atoms with Crippen LogP contribution in [0.5, 0.6) is 0 Å². The van der Waals surface area contributed by atoms with Crippen molar-refractivity contribution >= 4 is 49.6 Å². The van der Waals surface area contributed by atoms with Gasteiger partial charge in [0.25, 0.3) is 10.2 Å². The van der Waals surface area contributed by atoms with Crippen LogP contribution in [0.15, 0.2) is 18.2 Å². The molecule has 4 atom stereocenters. The smallest absolute Gasteiger partial charge is 0.352 e. The minimum absolute atomic E-state index is 0.0528. The van der Waals surface area contributed by atoms with Gasteiger partial charge in [0.2, 0.25) is 5.91 Å². The van der Waals surface area contributed by atoms with Gasteiger partial charge in [0, 0.05) is 31.8 Å². The first kappa shape index (κ1) is 23.5. The summed E-state index contributed by atoms with van der Waals surface area (Å²) in [6, 6.07) is -0.459. The number of hydrogen-bond donors (Lipinski definition) is 3. The topological polar surface area (TPSA) is 162 Å². The summed E-state index contributed by atoms with van der Waals surface area (Å²) in [5.41, 5.74) is 0.375. The van der Waals surface area contributed by atoms with Crippen LogP contribution in [0.25, 0.3) is 10.4 Å². The summed E-state index contributed by atoms with van der Waals surface area (Å²) >= 11 is 1.13. The molecule has 4 heterocycles. The van der Waals surface area contributed by atoms with Crippen molar-refractivity contribution in [2.24, 2.45) is 11.8 Å². The standard InChI is InChI=1S/C19H23N5O7S2/c1-8-12(16(19(28)29)24-15(8)13(9(2)25)17(24)27)11-6-23-7-20-14(18(23)32-11)10(26)5-21-33(30,31)22(3)4/h6-9,13,15,21,25H,5H2,1-4H3,(H,28,29)/t8-,9+,13+,15+/m0/s1. The van der Waals surface area contributed by atoms with Gasteiger partial charge in [-0.3, -0.25) is 14.0 Å². The van der Waals surface area contributed by atoms with Gasteiger partial charge >= 0.3 is 5.97 Å². The van der Waals surface area contributed by atoms with E-state index in [0.29, 0.717) is 15.3 Å². The molecule has 12 nitrogen and oxygen atoms in total. The van der Waals surface area contributed by atoms with Gasteiger partial charge in [-0.05, 0) is 6.92 Å². The summed E-state index contributed by atoms with van der Waals surface area (Å²) in [7, 11) is -1.13. The molecule has 3 N–H and O–H groups in total. The van der Waals surface area contributed by atoms with Gasteiger partial charge in [-0.1, -0.05) is 6.92 Å². The molecule has 2 aromatic rings. The molecule has 2 aromatic heterocycles. The lowest BCUT2D eigenvalue weighted by molar-refractivity contribution is -0.163. The number of amides is 1. The molecule has 4 rings (SSSR count). The van der Waals surface area contributed by atoms with Crippen LogP contribution in [0.4, 0.5) is 0 Å². The number of aromatic nitrogens is 2. The van der Waals surface area contributed by atoms with Crippen LogP contribution in [0.2, 0.25) is 0 Å². The van der Waals surface area contributed by atoms with E-state index in [0.717, 1.165) is 15.6 Å². The molecule has 0 saturated carbocycles. The lowest BCUT2D eigenvalue weighted by atomic mass is 9.77. The molecule has 1 amide bonds. The third kappa shape index (κ3) is 3.58. The third-order valence-electron chi connectivity index (χ3n) is 6.01. The number of fused-ring (bicyclic) bond motifs is 2. The van der Waals surface area contributed by atoms with Crippen molar-refractivity contribution < 1.29 is 33.0 Å². The van der Waals surface area contributed by atoms with Gasteiger partial charge < -0.3 is 15.1 Å². The molecular weight excluding hydrogens is 474 g/mol. The van der Waals surface area contributed by atoms with Gasteiger partial charge in [0.05, 0.1) is 29.5 Å². The predicted octanol–water partition coefficient (Wildman–Crippen LogP) is -0.372. The fourth-order valence-corrected chi connectivity index (χ4v) is 6.19. The Morgan fingerprint density at radius 2 is 2.03 bits per heavy atom. The Bertz CT molecular complexity index is 1310. The van der Waals surface area contributed by atoms with E-state index in [1.54, 1.807) is 17.5 Å². The number of aliphatic carboxylic acids is 1. The summed E-state index contributed by atoms with van der Waals surface area (Å²) in [5, 5.41) is 19.8. The average molecular weight is 498 g/mol. The van der Waals surface area contributed by atoms with E-state index in [4.69, 9.17) is 0 Å². The van der Waals surface area contributed by atoms with E-state index in [9.17, 15) is 33.0 Å². The maximum atomic E-state index is 12.6. The van der Waals surface area contributed by atoms with E-state index in [1.165, 1.54) is 32.2 Å². The zero-order valence-electron chi connectivity index (χ0n) is 18.2. The largest absolute Gasteiger partial charge is 0.477 e. The molecule has 1 fully saturated rings. The Kier molecular flexibility index (Phi) is 5.69. The number of imidazole rings is 1. The Morgan fingerprint density at radius 3 is 2.61 bits per heavy atom. The van der Waals surface area contributed by atoms with Gasteiger partial charge in [0.15, 0.2) is 5.78 Å². The number of aliphatic hydroxyl groups excluding tert-OH is 1. The first-order valence-corrected chi connectivity index (χ1v) is 12.3. The molecule has 1 saturated heterocycles. The summed E-state index contributed by atoms with van der Waals surface area (Å²) in [6.45, 7) is 2.83. The number of carboxylic acid groups (broad SMARTS) is 1. The lowest BCUT2D eigenvalue weighted by Crippen LogP contribution is -2.63. The number of nitrogens with one attached hydrogen (secondary N) is 1. The maximum absolute atomic E-state index is 12.6. The molecule has 178 valence electrons. The number of hydrogen-bond acceptors (Lipinski definition) is 8. The molecule has 0 unspecified atom stereocenters. The molecular formula is C19H23N5O7S2. The second-order valence-corrected chi connectivity index (χ2v) is 11.3. The second kappa shape index (κ2) is 7.99. The summed E-state index contributed by atoms with van der Waals surface area (Å²) in [6.07, 6.45) is 2.12. The minimum Gasteiger partial charge on any atom is -0.477 e. The number of thiazole rings is 1. The number of Topliss-reactive ketones (excluding diaryl/α,β-unsaturated/α-hetero) is 1. The number of carbonyl (C=O) groups is 3. The van der Waals surface area contributed by atoms with Gasteiger partial charge in [0.1, 0.15) is 22.5 Å². The first-order chi connectivity index (χ1) is 15.4. The number of nitrogens with zero attached hydrogens (tertiary/aromatic N) is 4. The van der Waals surface area contributed by atoms with Crippen molar-refractivity contribution in [3.05, 3.63) is 28.8 Å². The zero-order valence-corrected chi connectivity index (χ0v) is 19.8. The van der Waals surface area contributed by atoms with Crippen LogP contribution in [-0.4, -0.2) is 87.7 Å². The molecule has 0 bridgehead atoms. The molecule has 33 heavy (non-hydrogen) atoms. The molecule has 14 heteroatoms. The van der Waals surface area contributed by atoms with E-state index < -0.39 is 52.5 Å². The maximum Gasteiger partial charge on any atom is 0.352 e. The molecule has 2 aliphatic heterocycles. The summed E-state index contributed by atoms with van der Waals surface area (Å²) in [4.78, 5) is 43.5. The SMILES string of the molecule is C[C@@H](O)[C@H]1C(=O)N2C(C(=O)O)=C(c3cn4cnc(C(=O)CNS(=O)(=O)N(C)C)c4s3)[C@H](C)[C@H]12. The Morgan fingerprint density at radius 1 is 1.36 bits per heavy atom. The van der Waals surface area contributed by atoms with Gasteiger partial charge in [-0.2, -0.15) is 17.4 Å². The minimum atomic E-state index is -3.79. The quantitative estimate of drug-likeness (QED) is 0.329.